The molecule has 0 radical (unpaired) electrons. The van der Waals surface area contributed by atoms with Gasteiger partial charge in [-0.2, -0.15) is 0 Å². The normalized spacial score (nSPS) is 16.1. The molecule has 7 heteroatoms. The van der Waals surface area contributed by atoms with Gasteiger partial charge < -0.3 is 14.2 Å². The van der Waals surface area contributed by atoms with Crippen molar-refractivity contribution < 1.29 is 13.9 Å². The van der Waals surface area contributed by atoms with Gasteiger partial charge in [0.25, 0.3) is 5.56 Å². The molecule has 0 bridgehead atoms. The van der Waals surface area contributed by atoms with Crippen molar-refractivity contribution in [2.24, 2.45) is 0 Å². The van der Waals surface area contributed by atoms with Crippen molar-refractivity contribution in [2.75, 3.05) is 13.1 Å². The largest absolute Gasteiger partial charge is 0.444 e. The van der Waals surface area contributed by atoms with E-state index in [-0.39, 0.29) is 23.1 Å². The summed E-state index contributed by atoms with van der Waals surface area (Å²) in [5, 5.41) is 0.676. The Morgan fingerprint density at radius 1 is 1.27 bits per heavy atom. The maximum atomic E-state index is 14.3. The Balaban J connectivity index is 1.79. The van der Waals surface area contributed by atoms with Crippen LogP contribution in [0.5, 0.6) is 0 Å². The van der Waals surface area contributed by atoms with Gasteiger partial charge >= 0.3 is 6.09 Å². The highest BCUT2D eigenvalue weighted by molar-refractivity contribution is 9.10. The SMILES string of the molecule is CC(C)(C)OC(=O)N1CCC(n2ccc3cc(Br)cc(F)c3c2=O)CC1. The van der Waals surface area contributed by atoms with Crippen molar-refractivity contribution in [3.8, 4) is 0 Å². The summed E-state index contributed by atoms with van der Waals surface area (Å²) in [6.45, 7) is 6.51. The van der Waals surface area contributed by atoms with Crippen LogP contribution < -0.4 is 5.56 Å². The monoisotopic (exact) mass is 424 g/mol. The molecule has 5 nitrogen and oxygen atoms in total. The van der Waals surface area contributed by atoms with Gasteiger partial charge in [0.2, 0.25) is 0 Å². The molecule has 0 atom stereocenters. The lowest BCUT2D eigenvalue weighted by atomic mass is 10.0. The van der Waals surface area contributed by atoms with Gasteiger partial charge in [0.05, 0.1) is 5.39 Å². The Hall–Kier alpha value is -1.89. The first-order valence-electron chi connectivity index (χ1n) is 8.63. The van der Waals surface area contributed by atoms with Gasteiger partial charge in [-0.25, -0.2) is 9.18 Å². The first-order valence-corrected chi connectivity index (χ1v) is 9.43. The first kappa shape index (κ1) is 18.9. The molecule has 2 aromatic rings. The van der Waals surface area contributed by atoms with Crippen LogP contribution in [-0.2, 0) is 4.74 Å². The van der Waals surface area contributed by atoms with Gasteiger partial charge in [0, 0.05) is 29.8 Å². The maximum Gasteiger partial charge on any atom is 0.410 e. The highest BCUT2D eigenvalue weighted by Gasteiger charge is 2.28. The van der Waals surface area contributed by atoms with E-state index in [1.54, 1.807) is 27.8 Å². The molecule has 1 aromatic heterocycles. The summed E-state index contributed by atoms with van der Waals surface area (Å²) in [5.41, 5.74) is -0.863. The van der Waals surface area contributed by atoms with Crippen LogP contribution in [0.15, 0.2) is 33.7 Å². The number of amides is 1. The number of fused-ring (bicyclic) bond motifs is 1. The summed E-state index contributed by atoms with van der Waals surface area (Å²) >= 11 is 3.25. The van der Waals surface area contributed by atoms with E-state index in [2.05, 4.69) is 15.9 Å². The lowest BCUT2D eigenvalue weighted by molar-refractivity contribution is 0.0187. The van der Waals surface area contributed by atoms with Gasteiger partial charge in [-0.3, -0.25) is 4.79 Å². The van der Waals surface area contributed by atoms with E-state index in [4.69, 9.17) is 4.74 Å². The van der Waals surface area contributed by atoms with Gasteiger partial charge in [0.1, 0.15) is 11.4 Å². The number of carbonyl (C=O) groups is 1. The molecule has 1 aliphatic rings. The lowest BCUT2D eigenvalue weighted by Gasteiger charge is -2.34. The van der Waals surface area contributed by atoms with Crippen LogP contribution in [-0.4, -0.2) is 34.3 Å². The molecule has 26 heavy (non-hydrogen) atoms. The second kappa shape index (κ2) is 7.02. The number of ether oxygens (including phenoxy) is 1. The molecule has 0 aliphatic carbocycles. The van der Waals surface area contributed by atoms with Crippen LogP contribution >= 0.6 is 15.9 Å². The highest BCUT2D eigenvalue weighted by atomic mass is 79.9. The molecule has 0 N–H and O–H groups in total. The molecule has 2 heterocycles. The fraction of sp³-hybridized carbons (Fsp3) is 0.474. The summed E-state index contributed by atoms with van der Waals surface area (Å²) in [4.78, 5) is 26.6. The van der Waals surface area contributed by atoms with Crippen molar-refractivity contribution in [3.63, 3.8) is 0 Å². The Bertz CT molecular complexity index is 896. The number of carbonyl (C=O) groups excluding carboxylic acids is 1. The third-order valence-electron chi connectivity index (χ3n) is 4.46. The molecule has 0 saturated carbocycles. The summed E-state index contributed by atoms with van der Waals surface area (Å²) in [7, 11) is 0. The summed E-state index contributed by atoms with van der Waals surface area (Å²) in [6.07, 6.45) is 2.63. The standard InChI is InChI=1S/C19H22BrFN2O3/c1-19(2,3)26-18(25)22-7-5-14(6-8-22)23-9-4-12-10-13(20)11-15(21)16(12)17(23)24/h4,9-11,14H,5-8H2,1-3H3. The minimum absolute atomic E-state index is 0.0615. The Kier molecular flexibility index (Phi) is 5.10. The molecule has 1 aliphatic heterocycles. The maximum absolute atomic E-state index is 14.3. The number of piperidine rings is 1. The third-order valence-corrected chi connectivity index (χ3v) is 4.92. The predicted molar refractivity (Wildman–Crippen MR) is 102 cm³/mol. The number of benzene rings is 1. The van der Waals surface area contributed by atoms with Crippen LogP contribution in [0.2, 0.25) is 0 Å². The Morgan fingerprint density at radius 2 is 1.92 bits per heavy atom. The summed E-state index contributed by atoms with van der Waals surface area (Å²) in [6, 6.07) is 4.73. The van der Waals surface area contributed by atoms with Crippen LogP contribution in [0.3, 0.4) is 0 Å². The second-order valence-electron chi connectivity index (χ2n) is 7.58. The number of halogens is 2. The summed E-state index contributed by atoms with van der Waals surface area (Å²) in [5.74, 6) is -0.528. The molecule has 0 unspecified atom stereocenters. The zero-order valence-electron chi connectivity index (χ0n) is 15.1. The van der Waals surface area contributed by atoms with Crippen molar-refractivity contribution in [1.29, 1.82) is 0 Å². The van der Waals surface area contributed by atoms with Crippen molar-refractivity contribution in [1.82, 2.24) is 9.47 Å². The number of likely N-dealkylation sites (tertiary alicyclic amines) is 1. The summed E-state index contributed by atoms with van der Waals surface area (Å²) < 4.78 is 21.8. The van der Waals surface area contributed by atoms with Gasteiger partial charge in [0.15, 0.2) is 0 Å². The molecule has 0 spiro atoms. The van der Waals surface area contributed by atoms with Crippen LogP contribution in [0.25, 0.3) is 10.8 Å². The average Bonchev–Trinajstić information content (AvgIpc) is 2.53. The van der Waals surface area contributed by atoms with E-state index in [9.17, 15) is 14.0 Å². The van der Waals surface area contributed by atoms with E-state index < -0.39 is 11.4 Å². The lowest BCUT2D eigenvalue weighted by Crippen LogP contribution is -2.43. The highest BCUT2D eigenvalue weighted by Crippen LogP contribution is 2.25. The van der Waals surface area contributed by atoms with E-state index in [0.717, 1.165) is 0 Å². The Labute approximate surface area is 159 Å². The third kappa shape index (κ3) is 3.92. The van der Waals surface area contributed by atoms with Gasteiger partial charge in [-0.05, 0) is 57.2 Å². The second-order valence-corrected chi connectivity index (χ2v) is 8.49. The first-order chi connectivity index (χ1) is 12.2. The number of aromatic nitrogens is 1. The number of hydrogen-bond donors (Lipinski definition) is 0. The average molecular weight is 425 g/mol. The minimum atomic E-state index is -0.533. The van der Waals surface area contributed by atoms with Crippen molar-refractivity contribution >= 4 is 32.8 Å². The van der Waals surface area contributed by atoms with E-state index in [1.807, 2.05) is 20.8 Å². The van der Waals surface area contributed by atoms with E-state index in [0.29, 0.717) is 35.8 Å². The fourth-order valence-corrected chi connectivity index (χ4v) is 3.70. The van der Waals surface area contributed by atoms with Crippen molar-refractivity contribution in [3.05, 3.63) is 45.0 Å². The van der Waals surface area contributed by atoms with Crippen LogP contribution in [0, 0.1) is 5.82 Å². The number of hydrogen-bond acceptors (Lipinski definition) is 3. The molecular weight excluding hydrogens is 403 g/mol. The van der Waals surface area contributed by atoms with Crippen LogP contribution in [0.1, 0.15) is 39.7 Å². The zero-order valence-corrected chi connectivity index (χ0v) is 16.7. The molecule has 140 valence electrons. The van der Waals surface area contributed by atoms with Crippen molar-refractivity contribution in [2.45, 2.75) is 45.3 Å². The fourth-order valence-electron chi connectivity index (χ4n) is 3.25. The zero-order chi connectivity index (χ0) is 19.1. The molecule has 1 saturated heterocycles. The topological polar surface area (TPSA) is 51.5 Å². The molecule has 1 aromatic carbocycles. The number of pyridine rings is 1. The number of nitrogens with zero attached hydrogens (tertiary/aromatic N) is 2. The molecule has 1 fully saturated rings. The van der Waals surface area contributed by atoms with E-state index >= 15 is 0 Å². The van der Waals surface area contributed by atoms with Gasteiger partial charge in [-0.1, -0.05) is 15.9 Å². The smallest absolute Gasteiger partial charge is 0.410 e. The number of rotatable bonds is 1. The minimum Gasteiger partial charge on any atom is -0.444 e. The van der Waals surface area contributed by atoms with Gasteiger partial charge in [-0.15, -0.1) is 0 Å². The predicted octanol–water partition coefficient (Wildman–Crippen LogP) is 4.48. The quantitative estimate of drug-likeness (QED) is 0.677. The van der Waals surface area contributed by atoms with E-state index in [1.165, 1.54) is 6.07 Å². The van der Waals surface area contributed by atoms with Crippen LogP contribution in [0.4, 0.5) is 9.18 Å². The molecular formula is C19H22BrFN2O3. The molecule has 1 amide bonds. The molecule has 3 rings (SSSR count). The Morgan fingerprint density at radius 3 is 2.54 bits per heavy atom.